The summed E-state index contributed by atoms with van der Waals surface area (Å²) < 4.78 is 1.10. The fourth-order valence-corrected chi connectivity index (χ4v) is 11.5. The highest BCUT2D eigenvalue weighted by molar-refractivity contribution is 14.1. The van der Waals surface area contributed by atoms with Gasteiger partial charge >= 0.3 is 0 Å². The van der Waals surface area contributed by atoms with E-state index in [0.29, 0.717) is 6.04 Å². The third kappa shape index (κ3) is 5.20. The number of nitrogens with zero attached hydrogens (tertiary/aromatic N) is 1. The summed E-state index contributed by atoms with van der Waals surface area (Å²) in [6, 6.07) is 21.0. The smallest absolute Gasteiger partial charge is 0.0663 e. The Kier molecular flexibility index (Phi) is 8.07. The minimum Gasteiger partial charge on any atom is -0.337 e. The molecule has 0 amide bonds. The molecule has 1 nitrogen and oxygen atoms in total. The minimum absolute atomic E-state index is 0.264. The van der Waals surface area contributed by atoms with E-state index in [1.54, 1.807) is 11.1 Å². The fourth-order valence-electron chi connectivity index (χ4n) is 8.59. The molecule has 5 aliphatic rings. The Morgan fingerprint density at radius 2 is 1.65 bits per heavy atom. The molecule has 0 saturated heterocycles. The number of halogens is 2. The van der Waals surface area contributed by atoms with Crippen molar-refractivity contribution in [1.82, 2.24) is 0 Å². The maximum atomic E-state index is 2.95. The summed E-state index contributed by atoms with van der Waals surface area (Å²) in [7, 11) is 0. The summed E-state index contributed by atoms with van der Waals surface area (Å²) in [5.41, 5.74) is 9.19. The van der Waals surface area contributed by atoms with Crippen molar-refractivity contribution in [2.45, 2.75) is 84.0 Å². The van der Waals surface area contributed by atoms with Crippen LogP contribution in [0.5, 0.6) is 0 Å². The number of allylic oxidation sites excluding steroid dienone is 6. The van der Waals surface area contributed by atoms with Crippen LogP contribution in [0.15, 0.2) is 102 Å². The molecule has 4 aliphatic carbocycles. The number of fused-ring (bicyclic) bond motifs is 2. The molecule has 2 aromatic carbocycles. The van der Waals surface area contributed by atoms with E-state index >= 15 is 0 Å². The zero-order valence-corrected chi connectivity index (χ0v) is 27.8. The van der Waals surface area contributed by atoms with Crippen LogP contribution in [0.1, 0.15) is 75.3 Å². The molecule has 40 heavy (non-hydrogen) atoms. The number of rotatable bonds is 5. The van der Waals surface area contributed by atoms with E-state index in [-0.39, 0.29) is 3.42 Å². The Bertz CT molecular complexity index is 1340. The van der Waals surface area contributed by atoms with Gasteiger partial charge in [-0.2, -0.15) is 0 Å². The number of alkyl halides is 2. The third-order valence-electron chi connectivity index (χ3n) is 10.6. The second kappa shape index (κ2) is 11.7. The number of hydrogen-bond donors (Lipinski definition) is 0. The van der Waals surface area contributed by atoms with Crippen LogP contribution in [-0.2, 0) is 6.42 Å². The molecule has 0 bridgehead atoms. The molecule has 0 N–H and O–H groups in total. The first-order chi connectivity index (χ1) is 19.6. The van der Waals surface area contributed by atoms with Crippen LogP contribution >= 0.6 is 45.2 Å². The number of anilines is 1. The molecule has 208 valence electrons. The average Bonchev–Trinajstić information content (AvgIpc) is 3.27. The van der Waals surface area contributed by atoms with Crippen molar-refractivity contribution in [3.05, 3.63) is 113 Å². The van der Waals surface area contributed by atoms with E-state index in [0.717, 1.165) is 28.1 Å². The van der Waals surface area contributed by atoms with Gasteiger partial charge in [0.1, 0.15) is 0 Å². The second-order valence-electron chi connectivity index (χ2n) is 12.8. The quantitative estimate of drug-likeness (QED) is 0.217. The molecule has 3 heteroatoms. The van der Waals surface area contributed by atoms with Gasteiger partial charge in [-0.1, -0.05) is 118 Å². The summed E-state index contributed by atoms with van der Waals surface area (Å²) in [6.07, 6.45) is 26.3. The Labute approximate surface area is 268 Å². The van der Waals surface area contributed by atoms with Crippen molar-refractivity contribution in [2.24, 2.45) is 17.8 Å². The number of hydrogen-bond acceptors (Lipinski definition) is 1. The van der Waals surface area contributed by atoms with Crippen LogP contribution < -0.4 is 4.90 Å². The molecule has 2 aromatic rings. The Balaban J connectivity index is 1.13. The van der Waals surface area contributed by atoms with Crippen molar-refractivity contribution in [1.29, 1.82) is 0 Å². The molecule has 0 aromatic heterocycles. The molecule has 0 spiro atoms. The van der Waals surface area contributed by atoms with Crippen molar-refractivity contribution < 1.29 is 0 Å². The van der Waals surface area contributed by atoms with Gasteiger partial charge < -0.3 is 4.90 Å². The van der Waals surface area contributed by atoms with Crippen LogP contribution in [-0.4, -0.2) is 13.4 Å². The van der Waals surface area contributed by atoms with Crippen molar-refractivity contribution in [3.63, 3.8) is 0 Å². The first kappa shape index (κ1) is 27.5. The summed E-state index contributed by atoms with van der Waals surface area (Å²) in [5, 5.41) is 0. The maximum Gasteiger partial charge on any atom is 0.0663 e. The highest BCUT2D eigenvalue weighted by Gasteiger charge is 2.55. The topological polar surface area (TPSA) is 3.24 Å². The van der Waals surface area contributed by atoms with Gasteiger partial charge in [-0.3, -0.25) is 0 Å². The average molecular weight is 754 g/mol. The molecular formula is C37H41I2N. The van der Waals surface area contributed by atoms with E-state index in [9.17, 15) is 0 Å². The lowest BCUT2D eigenvalue weighted by atomic mass is 9.64. The van der Waals surface area contributed by atoms with Crippen LogP contribution in [0, 0.1) is 17.8 Å². The van der Waals surface area contributed by atoms with Gasteiger partial charge in [0.2, 0.25) is 0 Å². The van der Waals surface area contributed by atoms with Crippen molar-refractivity contribution in [3.8, 4) is 0 Å². The molecular weight excluding hydrogens is 712 g/mol. The van der Waals surface area contributed by atoms with Crippen LogP contribution in [0.2, 0.25) is 0 Å². The predicted octanol–water partition coefficient (Wildman–Crippen LogP) is 10.5. The second-order valence-corrected chi connectivity index (χ2v) is 16.3. The maximum absolute atomic E-state index is 2.95. The first-order valence-electron chi connectivity index (χ1n) is 15.6. The Morgan fingerprint density at radius 3 is 2.45 bits per heavy atom. The molecule has 7 rings (SSSR count). The predicted molar refractivity (Wildman–Crippen MR) is 187 cm³/mol. The monoisotopic (exact) mass is 753 g/mol. The minimum atomic E-state index is 0.264. The van der Waals surface area contributed by atoms with Crippen LogP contribution in [0.25, 0.3) is 0 Å². The van der Waals surface area contributed by atoms with E-state index in [4.69, 9.17) is 0 Å². The zero-order valence-electron chi connectivity index (χ0n) is 23.5. The summed E-state index contributed by atoms with van der Waals surface area (Å²) in [5.74, 6) is 2.55. The van der Waals surface area contributed by atoms with Gasteiger partial charge in [-0.15, -0.1) is 0 Å². The van der Waals surface area contributed by atoms with Crippen LogP contribution in [0.3, 0.4) is 0 Å². The summed E-state index contributed by atoms with van der Waals surface area (Å²) >= 11 is 5.79. The van der Waals surface area contributed by atoms with Crippen LogP contribution in [0.4, 0.5) is 5.69 Å². The number of benzene rings is 2. The lowest BCUT2D eigenvalue weighted by molar-refractivity contribution is 0.167. The molecule has 6 atom stereocenters. The van der Waals surface area contributed by atoms with Crippen molar-refractivity contribution in [2.75, 3.05) is 4.90 Å². The third-order valence-corrected chi connectivity index (χ3v) is 13.9. The first-order valence-corrected chi connectivity index (χ1v) is 17.9. The highest BCUT2D eigenvalue weighted by Crippen LogP contribution is 2.59. The normalized spacial score (nSPS) is 33.5. The van der Waals surface area contributed by atoms with E-state index in [1.807, 2.05) is 0 Å². The standard InChI is InChI=1S/C37H41I2N/c38-34-21-17-29(28-11-5-2-6-12-28)24-32(34)30-18-22-36-37(39,25-30)33-13-7-8-14-35(33)40(36)31-19-15-27(16-20-31)23-26-9-3-1-4-10-26/h1-5,8-11,14-16,19-20,29-30,32,34,36H,6-7,12-13,17-18,21-25H2. The fraction of sp³-hybridized carbons (Fsp3) is 0.459. The summed E-state index contributed by atoms with van der Waals surface area (Å²) in [6.45, 7) is 0. The van der Waals surface area contributed by atoms with Gasteiger partial charge in [-0.05, 0) is 123 Å². The van der Waals surface area contributed by atoms with Gasteiger partial charge in [-0.25, -0.2) is 0 Å². The Morgan fingerprint density at radius 1 is 0.850 bits per heavy atom. The summed E-state index contributed by atoms with van der Waals surface area (Å²) in [4.78, 5) is 2.75. The van der Waals surface area contributed by atoms with E-state index in [2.05, 4.69) is 135 Å². The Hall–Kier alpha value is -1.34. The van der Waals surface area contributed by atoms with E-state index in [1.165, 1.54) is 86.7 Å². The zero-order chi connectivity index (χ0) is 27.1. The SMILES string of the molecule is IC1CCC(C2=CC=CCC2)CC1C1CCC2N(c3ccc(Cc4ccccc4)cc3)C3=C(CCC=C3)C2(I)C1. The van der Waals surface area contributed by atoms with Gasteiger partial charge in [0.05, 0.1) is 9.46 Å². The molecule has 1 heterocycles. The van der Waals surface area contributed by atoms with Crippen molar-refractivity contribution >= 4 is 50.9 Å². The highest BCUT2D eigenvalue weighted by atomic mass is 127. The van der Waals surface area contributed by atoms with Gasteiger partial charge in [0.15, 0.2) is 0 Å². The van der Waals surface area contributed by atoms with E-state index < -0.39 is 0 Å². The van der Waals surface area contributed by atoms with Gasteiger partial charge in [0.25, 0.3) is 0 Å². The largest absolute Gasteiger partial charge is 0.337 e. The lowest BCUT2D eigenvalue weighted by Gasteiger charge is -2.48. The lowest BCUT2D eigenvalue weighted by Crippen LogP contribution is -2.49. The molecule has 2 saturated carbocycles. The molecule has 6 unspecified atom stereocenters. The van der Waals surface area contributed by atoms with Gasteiger partial charge in [0, 0.05) is 15.3 Å². The molecule has 0 radical (unpaired) electrons. The molecule has 2 fully saturated rings. The molecule has 1 aliphatic heterocycles.